The van der Waals surface area contributed by atoms with E-state index in [2.05, 4.69) is 5.32 Å². The fourth-order valence-electron chi connectivity index (χ4n) is 2.24. The van der Waals surface area contributed by atoms with Crippen LogP contribution in [0.4, 0.5) is 0 Å². The second kappa shape index (κ2) is 8.66. The first-order valence-electron chi connectivity index (χ1n) is 8.11. The maximum absolute atomic E-state index is 12.4. The molecule has 2 aromatic rings. The Kier molecular flexibility index (Phi) is 6.57. The fraction of sp³-hybridized carbons (Fsp3) is 0.333. The quantitative estimate of drug-likeness (QED) is 0.706. The minimum atomic E-state index is -3.60. The second-order valence-corrected chi connectivity index (χ2v) is 7.88. The van der Waals surface area contributed by atoms with Gasteiger partial charge in [0.2, 0.25) is 0 Å². The van der Waals surface area contributed by atoms with Crippen molar-refractivity contribution < 1.29 is 27.2 Å². The number of amides is 1. The van der Waals surface area contributed by atoms with Crippen LogP contribution in [0, 0.1) is 0 Å². The van der Waals surface area contributed by atoms with Crippen molar-refractivity contribution in [3.8, 4) is 0 Å². The Morgan fingerprint density at radius 3 is 2.50 bits per heavy atom. The van der Waals surface area contributed by atoms with Gasteiger partial charge in [-0.2, -0.15) is 0 Å². The van der Waals surface area contributed by atoms with Crippen LogP contribution in [0.1, 0.15) is 36.4 Å². The zero-order valence-corrected chi connectivity index (χ0v) is 15.4. The first-order valence-corrected chi connectivity index (χ1v) is 9.76. The predicted molar refractivity (Wildman–Crippen MR) is 94.2 cm³/mol. The summed E-state index contributed by atoms with van der Waals surface area (Å²) >= 11 is 0. The lowest BCUT2D eigenvalue weighted by molar-refractivity contribution is -0.147. The van der Waals surface area contributed by atoms with Crippen LogP contribution in [0.3, 0.4) is 0 Å². The molecule has 8 heteroatoms. The lowest BCUT2D eigenvalue weighted by Crippen LogP contribution is -2.27. The molecule has 0 spiro atoms. The van der Waals surface area contributed by atoms with E-state index >= 15 is 0 Å². The van der Waals surface area contributed by atoms with Gasteiger partial charge in [-0.15, -0.1) is 0 Å². The molecule has 0 fully saturated rings. The van der Waals surface area contributed by atoms with Crippen LogP contribution in [0.2, 0.25) is 0 Å². The van der Waals surface area contributed by atoms with Crippen LogP contribution in [0.5, 0.6) is 0 Å². The number of ether oxygens (including phenoxy) is 1. The first kappa shape index (κ1) is 19.7. The molecule has 0 bridgehead atoms. The third-order valence-corrected chi connectivity index (χ3v) is 5.06. The van der Waals surface area contributed by atoms with E-state index in [1.807, 2.05) is 0 Å². The second-order valence-electron chi connectivity index (χ2n) is 5.89. The van der Waals surface area contributed by atoms with E-state index in [1.165, 1.54) is 24.5 Å². The highest BCUT2D eigenvalue weighted by Gasteiger charge is 2.22. The highest BCUT2D eigenvalue weighted by atomic mass is 32.2. The van der Waals surface area contributed by atoms with E-state index in [4.69, 9.17) is 9.15 Å². The monoisotopic (exact) mass is 379 g/mol. The topological polar surface area (TPSA) is 103 Å². The molecule has 2 rings (SSSR count). The van der Waals surface area contributed by atoms with Crippen molar-refractivity contribution in [2.24, 2.45) is 0 Å². The van der Waals surface area contributed by atoms with Crippen molar-refractivity contribution in [3.05, 3.63) is 54.0 Å². The van der Waals surface area contributed by atoms with Gasteiger partial charge in [-0.3, -0.25) is 9.59 Å². The third-order valence-electron chi connectivity index (χ3n) is 3.38. The van der Waals surface area contributed by atoms with Crippen LogP contribution in [-0.4, -0.2) is 32.9 Å². The minimum Gasteiger partial charge on any atom is -0.463 e. The van der Waals surface area contributed by atoms with Gasteiger partial charge in [0, 0.05) is 12.1 Å². The van der Waals surface area contributed by atoms with Gasteiger partial charge in [0.25, 0.3) is 5.91 Å². The Balaban J connectivity index is 1.99. The summed E-state index contributed by atoms with van der Waals surface area (Å²) in [7, 11) is -3.60. The number of rotatable bonds is 8. The molecule has 1 aromatic carbocycles. The average Bonchev–Trinajstić information content (AvgIpc) is 3.02. The Morgan fingerprint density at radius 2 is 1.85 bits per heavy atom. The highest BCUT2D eigenvalue weighted by Crippen LogP contribution is 2.19. The van der Waals surface area contributed by atoms with Crippen LogP contribution in [-0.2, 0) is 25.1 Å². The molecule has 0 aliphatic carbocycles. The van der Waals surface area contributed by atoms with Crippen molar-refractivity contribution in [2.75, 3.05) is 6.54 Å². The van der Waals surface area contributed by atoms with Crippen LogP contribution < -0.4 is 5.32 Å². The summed E-state index contributed by atoms with van der Waals surface area (Å²) in [6, 6.07) is 9.42. The smallest absolute Gasteiger partial charge is 0.307 e. The van der Waals surface area contributed by atoms with Crippen molar-refractivity contribution in [2.45, 2.75) is 37.0 Å². The summed E-state index contributed by atoms with van der Waals surface area (Å²) in [4.78, 5) is 23.8. The number of carbonyl (C=O) groups is 2. The van der Waals surface area contributed by atoms with Crippen molar-refractivity contribution in [3.63, 3.8) is 0 Å². The zero-order chi connectivity index (χ0) is 19.2. The summed E-state index contributed by atoms with van der Waals surface area (Å²) in [6.45, 7) is 3.54. The van der Waals surface area contributed by atoms with Gasteiger partial charge in [-0.1, -0.05) is 18.2 Å². The largest absolute Gasteiger partial charge is 0.463 e. The van der Waals surface area contributed by atoms with Gasteiger partial charge in [-0.25, -0.2) is 8.42 Å². The van der Waals surface area contributed by atoms with Crippen LogP contribution in [0.15, 0.2) is 52.0 Å². The molecule has 140 valence electrons. The fourth-order valence-corrected chi connectivity index (χ4v) is 3.62. The summed E-state index contributed by atoms with van der Waals surface area (Å²) in [5, 5.41) is 2.53. The van der Waals surface area contributed by atoms with Gasteiger partial charge in [-0.05, 0) is 32.0 Å². The molecule has 0 unspecified atom stereocenters. The van der Waals surface area contributed by atoms with Gasteiger partial charge in [0.1, 0.15) is 0 Å². The van der Waals surface area contributed by atoms with E-state index in [-0.39, 0.29) is 41.0 Å². The summed E-state index contributed by atoms with van der Waals surface area (Å²) in [5.41, 5.74) is 0.260. The summed E-state index contributed by atoms with van der Waals surface area (Å²) < 4.78 is 35.0. The maximum Gasteiger partial charge on any atom is 0.307 e. The predicted octanol–water partition coefficient (Wildman–Crippen LogP) is 2.33. The van der Waals surface area contributed by atoms with Crippen molar-refractivity contribution >= 4 is 21.7 Å². The molecule has 1 amide bonds. The standard InChI is InChI=1S/C18H21NO6S/c1-13(2)25-16(20)8-10-19-18(21)17-14(9-11-24-17)12-26(22,23)15-6-4-3-5-7-15/h3-7,9,11,13H,8,10,12H2,1-2H3,(H,19,21). The number of sulfone groups is 1. The lowest BCUT2D eigenvalue weighted by atomic mass is 10.2. The van der Waals surface area contributed by atoms with E-state index in [9.17, 15) is 18.0 Å². The van der Waals surface area contributed by atoms with Crippen molar-refractivity contribution in [1.29, 1.82) is 0 Å². The Morgan fingerprint density at radius 1 is 1.15 bits per heavy atom. The summed E-state index contributed by atoms with van der Waals surface area (Å²) in [5.74, 6) is -1.44. The van der Waals surface area contributed by atoms with Gasteiger partial charge < -0.3 is 14.5 Å². The number of benzene rings is 1. The normalized spacial score (nSPS) is 11.3. The number of nitrogens with one attached hydrogen (secondary N) is 1. The van der Waals surface area contributed by atoms with Gasteiger partial charge >= 0.3 is 5.97 Å². The molecular formula is C18H21NO6S. The Bertz CT molecular complexity index is 855. The molecule has 0 aliphatic heterocycles. The number of hydrogen-bond acceptors (Lipinski definition) is 6. The Hall–Kier alpha value is -2.61. The van der Waals surface area contributed by atoms with Crippen LogP contribution in [0.25, 0.3) is 0 Å². The van der Waals surface area contributed by atoms with E-state index in [0.29, 0.717) is 0 Å². The van der Waals surface area contributed by atoms with E-state index in [0.717, 1.165) is 0 Å². The summed E-state index contributed by atoms with van der Waals surface area (Å²) in [6.07, 6.45) is 1.05. The molecule has 0 saturated heterocycles. The SMILES string of the molecule is CC(C)OC(=O)CCNC(=O)c1occc1CS(=O)(=O)c1ccccc1. The zero-order valence-electron chi connectivity index (χ0n) is 14.6. The molecule has 0 radical (unpaired) electrons. The van der Waals surface area contributed by atoms with Crippen LogP contribution >= 0.6 is 0 Å². The molecule has 7 nitrogen and oxygen atoms in total. The minimum absolute atomic E-state index is 0.0161. The lowest BCUT2D eigenvalue weighted by Gasteiger charge is -2.08. The van der Waals surface area contributed by atoms with E-state index < -0.39 is 21.7 Å². The molecule has 0 atom stereocenters. The third kappa shape index (κ3) is 5.45. The molecule has 0 aliphatic rings. The highest BCUT2D eigenvalue weighted by molar-refractivity contribution is 7.90. The molecule has 0 saturated carbocycles. The molecular weight excluding hydrogens is 358 g/mol. The molecule has 1 aromatic heterocycles. The van der Waals surface area contributed by atoms with E-state index in [1.54, 1.807) is 32.0 Å². The number of hydrogen-bond donors (Lipinski definition) is 1. The van der Waals surface area contributed by atoms with Gasteiger partial charge in [0.15, 0.2) is 15.6 Å². The molecule has 1 heterocycles. The number of carbonyl (C=O) groups excluding carboxylic acids is 2. The average molecular weight is 379 g/mol. The van der Waals surface area contributed by atoms with Gasteiger partial charge in [0.05, 0.1) is 29.4 Å². The molecule has 26 heavy (non-hydrogen) atoms. The molecule has 1 N–H and O–H groups in total. The number of furan rings is 1. The number of esters is 1. The van der Waals surface area contributed by atoms with Crippen molar-refractivity contribution in [1.82, 2.24) is 5.32 Å². The first-order chi connectivity index (χ1) is 12.3. The Labute approximate surface area is 152 Å². The maximum atomic E-state index is 12.4.